The monoisotopic (exact) mass is 266 g/mol. The van der Waals surface area contributed by atoms with Gasteiger partial charge in [0.1, 0.15) is 5.75 Å². The Bertz CT molecular complexity index is 716. The van der Waals surface area contributed by atoms with Crippen LogP contribution >= 0.6 is 0 Å². The smallest absolute Gasteiger partial charge is 0.116 e. The van der Waals surface area contributed by atoms with E-state index in [2.05, 4.69) is 24.2 Å². The molecule has 0 aliphatic rings. The van der Waals surface area contributed by atoms with E-state index < -0.39 is 0 Å². The van der Waals surface area contributed by atoms with E-state index in [0.717, 1.165) is 35.9 Å². The number of aryl methyl sites for hydroxylation is 1. The van der Waals surface area contributed by atoms with Crippen LogP contribution in [0, 0.1) is 0 Å². The van der Waals surface area contributed by atoms with Crippen molar-refractivity contribution >= 4 is 10.9 Å². The predicted octanol–water partition coefficient (Wildman–Crippen LogP) is 4.07. The van der Waals surface area contributed by atoms with Crippen molar-refractivity contribution in [3.63, 3.8) is 0 Å². The van der Waals surface area contributed by atoms with Gasteiger partial charge in [-0.15, -0.1) is 0 Å². The Hall–Kier alpha value is -2.29. The van der Waals surface area contributed by atoms with Crippen LogP contribution in [0.4, 0.5) is 0 Å². The average Bonchev–Trinajstić information content (AvgIpc) is 2.84. The molecule has 0 bridgehead atoms. The fourth-order valence-electron chi connectivity index (χ4n) is 2.49. The summed E-state index contributed by atoms with van der Waals surface area (Å²) in [5.41, 5.74) is 3.16. The Kier molecular flexibility index (Phi) is 3.42. The molecule has 1 aromatic heterocycles. The first-order valence-electron chi connectivity index (χ1n) is 7.05. The lowest BCUT2D eigenvalue weighted by Gasteiger charge is -2.07. The summed E-state index contributed by atoms with van der Waals surface area (Å²) in [6.45, 7) is 2.18. The molecule has 0 amide bonds. The predicted molar refractivity (Wildman–Crippen MR) is 81.3 cm³/mol. The zero-order chi connectivity index (χ0) is 13.9. The Balaban J connectivity index is 2.19. The van der Waals surface area contributed by atoms with Crippen molar-refractivity contribution in [2.45, 2.75) is 26.2 Å². The van der Waals surface area contributed by atoms with Gasteiger partial charge in [0.05, 0.1) is 16.9 Å². The Morgan fingerprint density at radius 3 is 2.65 bits per heavy atom. The lowest BCUT2D eigenvalue weighted by Crippen LogP contribution is -2.02. The molecule has 0 aliphatic carbocycles. The van der Waals surface area contributed by atoms with E-state index in [1.807, 2.05) is 35.0 Å². The number of para-hydroxylation sites is 1. The van der Waals surface area contributed by atoms with Crippen LogP contribution in [-0.4, -0.2) is 14.9 Å². The minimum absolute atomic E-state index is 0.294. The van der Waals surface area contributed by atoms with Gasteiger partial charge >= 0.3 is 0 Å². The molecule has 0 unspecified atom stereocenters. The standard InChI is InChI=1S/C17H18N2O/c1-2-3-9-17-15-12-14(20)10-11-16(15)18-19(17)13-7-5-4-6-8-13/h4-8,10-12,20H,2-3,9H2,1H3. The summed E-state index contributed by atoms with van der Waals surface area (Å²) in [6.07, 6.45) is 3.22. The normalized spacial score (nSPS) is 11.1. The van der Waals surface area contributed by atoms with Crippen LogP contribution in [0.15, 0.2) is 48.5 Å². The van der Waals surface area contributed by atoms with Gasteiger partial charge in [-0.2, -0.15) is 5.10 Å². The molecule has 102 valence electrons. The Morgan fingerprint density at radius 2 is 1.90 bits per heavy atom. The summed E-state index contributed by atoms with van der Waals surface area (Å²) in [5, 5.41) is 15.4. The minimum Gasteiger partial charge on any atom is -0.508 e. The molecule has 0 aliphatic heterocycles. The van der Waals surface area contributed by atoms with Crippen molar-refractivity contribution in [3.8, 4) is 11.4 Å². The molecule has 3 nitrogen and oxygen atoms in total. The number of aromatic nitrogens is 2. The van der Waals surface area contributed by atoms with Crippen molar-refractivity contribution in [2.75, 3.05) is 0 Å². The number of benzene rings is 2. The lowest BCUT2D eigenvalue weighted by molar-refractivity contribution is 0.476. The van der Waals surface area contributed by atoms with Crippen LogP contribution in [0.1, 0.15) is 25.5 Å². The van der Waals surface area contributed by atoms with Crippen LogP contribution < -0.4 is 0 Å². The van der Waals surface area contributed by atoms with E-state index >= 15 is 0 Å². The topological polar surface area (TPSA) is 38.1 Å². The highest BCUT2D eigenvalue weighted by Gasteiger charge is 2.12. The zero-order valence-electron chi connectivity index (χ0n) is 11.6. The lowest BCUT2D eigenvalue weighted by atomic mass is 10.1. The van der Waals surface area contributed by atoms with Gasteiger partial charge in [0.2, 0.25) is 0 Å². The molecular weight excluding hydrogens is 248 g/mol. The second kappa shape index (κ2) is 5.37. The molecule has 3 heteroatoms. The number of unbranched alkanes of at least 4 members (excludes halogenated alkanes) is 1. The zero-order valence-corrected chi connectivity index (χ0v) is 11.6. The number of rotatable bonds is 4. The molecule has 0 saturated heterocycles. The highest BCUT2D eigenvalue weighted by Crippen LogP contribution is 2.26. The van der Waals surface area contributed by atoms with E-state index in [4.69, 9.17) is 0 Å². The van der Waals surface area contributed by atoms with Crippen LogP contribution in [0.3, 0.4) is 0 Å². The maximum Gasteiger partial charge on any atom is 0.116 e. The van der Waals surface area contributed by atoms with Crippen LogP contribution in [0.5, 0.6) is 5.75 Å². The highest BCUT2D eigenvalue weighted by molar-refractivity contribution is 5.83. The van der Waals surface area contributed by atoms with E-state index in [0.29, 0.717) is 5.75 Å². The first-order valence-corrected chi connectivity index (χ1v) is 7.05. The number of fused-ring (bicyclic) bond motifs is 1. The summed E-state index contributed by atoms with van der Waals surface area (Å²) < 4.78 is 2.00. The molecule has 3 rings (SSSR count). The third-order valence-electron chi connectivity index (χ3n) is 3.52. The fraction of sp³-hybridized carbons (Fsp3) is 0.235. The molecule has 1 N–H and O–H groups in total. The summed E-state index contributed by atoms with van der Waals surface area (Å²) in [7, 11) is 0. The van der Waals surface area contributed by atoms with E-state index in [9.17, 15) is 5.11 Å². The Labute approximate surface area is 118 Å². The maximum absolute atomic E-state index is 9.72. The number of aromatic hydroxyl groups is 1. The Morgan fingerprint density at radius 1 is 1.10 bits per heavy atom. The van der Waals surface area contributed by atoms with Gasteiger partial charge in [0, 0.05) is 5.39 Å². The minimum atomic E-state index is 0.294. The number of nitrogens with zero attached hydrogens (tertiary/aromatic N) is 2. The van der Waals surface area contributed by atoms with Gasteiger partial charge in [0.15, 0.2) is 0 Å². The molecule has 0 fully saturated rings. The number of phenols is 1. The van der Waals surface area contributed by atoms with Crippen molar-refractivity contribution in [1.29, 1.82) is 0 Å². The van der Waals surface area contributed by atoms with Crippen molar-refractivity contribution in [1.82, 2.24) is 9.78 Å². The molecule has 0 radical (unpaired) electrons. The molecule has 20 heavy (non-hydrogen) atoms. The highest BCUT2D eigenvalue weighted by atomic mass is 16.3. The largest absolute Gasteiger partial charge is 0.508 e. The quantitative estimate of drug-likeness (QED) is 0.773. The molecular formula is C17H18N2O. The van der Waals surface area contributed by atoms with Crippen LogP contribution in [-0.2, 0) is 6.42 Å². The van der Waals surface area contributed by atoms with Gasteiger partial charge in [-0.3, -0.25) is 0 Å². The third-order valence-corrected chi connectivity index (χ3v) is 3.52. The fourth-order valence-corrected chi connectivity index (χ4v) is 2.49. The van der Waals surface area contributed by atoms with E-state index in [1.54, 1.807) is 6.07 Å². The SMILES string of the molecule is CCCCc1c2cc(O)ccc2nn1-c1ccccc1. The molecule has 0 spiro atoms. The van der Waals surface area contributed by atoms with Crippen molar-refractivity contribution in [3.05, 3.63) is 54.2 Å². The van der Waals surface area contributed by atoms with Gasteiger partial charge in [0.25, 0.3) is 0 Å². The van der Waals surface area contributed by atoms with Crippen LogP contribution in [0.25, 0.3) is 16.6 Å². The first-order chi connectivity index (χ1) is 9.79. The summed E-state index contributed by atoms with van der Waals surface area (Å²) >= 11 is 0. The van der Waals surface area contributed by atoms with Gasteiger partial charge in [-0.25, -0.2) is 4.68 Å². The van der Waals surface area contributed by atoms with Crippen molar-refractivity contribution in [2.24, 2.45) is 0 Å². The molecule has 3 aromatic rings. The molecule has 2 aromatic carbocycles. The average molecular weight is 266 g/mol. The number of phenolic OH excluding ortho intramolecular Hbond substituents is 1. The molecule has 0 saturated carbocycles. The van der Waals surface area contributed by atoms with Crippen LogP contribution in [0.2, 0.25) is 0 Å². The van der Waals surface area contributed by atoms with Crippen molar-refractivity contribution < 1.29 is 5.11 Å². The second-order valence-electron chi connectivity index (χ2n) is 5.00. The van der Waals surface area contributed by atoms with Gasteiger partial charge < -0.3 is 5.11 Å². The number of hydrogen-bond acceptors (Lipinski definition) is 2. The van der Waals surface area contributed by atoms with E-state index in [1.165, 1.54) is 5.69 Å². The molecule has 0 atom stereocenters. The van der Waals surface area contributed by atoms with Gasteiger partial charge in [-0.1, -0.05) is 31.5 Å². The first kappa shape index (κ1) is 12.7. The summed E-state index contributed by atoms with van der Waals surface area (Å²) in [5.74, 6) is 0.294. The second-order valence-corrected chi connectivity index (χ2v) is 5.00. The summed E-state index contributed by atoms with van der Waals surface area (Å²) in [6, 6.07) is 15.5. The van der Waals surface area contributed by atoms with Gasteiger partial charge in [-0.05, 0) is 43.2 Å². The molecule has 1 heterocycles. The van der Waals surface area contributed by atoms with E-state index in [-0.39, 0.29) is 0 Å². The number of hydrogen-bond donors (Lipinski definition) is 1. The summed E-state index contributed by atoms with van der Waals surface area (Å²) in [4.78, 5) is 0. The third kappa shape index (κ3) is 2.27. The maximum atomic E-state index is 9.72.